The van der Waals surface area contributed by atoms with Crippen molar-refractivity contribution in [1.29, 1.82) is 0 Å². The fourth-order valence-corrected chi connectivity index (χ4v) is 2.25. The highest BCUT2D eigenvalue weighted by Gasteiger charge is 2.17. The van der Waals surface area contributed by atoms with Gasteiger partial charge in [-0.3, -0.25) is 4.90 Å². The van der Waals surface area contributed by atoms with Gasteiger partial charge in [-0.15, -0.1) is 11.6 Å². The minimum atomic E-state index is 0.0749. The Bertz CT molecular complexity index is 318. The second-order valence-corrected chi connectivity index (χ2v) is 5.01. The molecule has 1 atom stereocenters. The average Bonchev–Trinajstić information content (AvgIpc) is 2.46. The summed E-state index contributed by atoms with van der Waals surface area (Å²) < 4.78 is 11.6. The Morgan fingerprint density at radius 2 is 2.40 bits per heavy atom. The lowest BCUT2D eigenvalue weighted by atomic mass is 10.3. The van der Waals surface area contributed by atoms with Crippen LogP contribution < -0.4 is 0 Å². The van der Waals surface area contributed by atoms with E-state index < -0.39 is 0 Å². The van der Waals surface area contributed by atoms with Crippen molar-refractivity contribution in [3.8, 4) is 0 Å². The normalized spacial score (nSPS) is 24.0. The summed E-state index contributed by atoms with van der Waals surface area (Å²) in [5.41, 5.74) is 0. The van der Waals surface area contributed by atoms with Crippen LogP contribution in [-0.4, -0.2) is 36.6 Å². The van der Waals surface area contributed by atoms with Crippen LogP contribution in [0.2, 0.25) is 0 Å². The zero-order chi connectivity index (χ0) is 10.7. The number of hydrogen-bond donors (Lipinski definition) is 0. The number of hydrogen-bond acceptors (Lipinski definition) is 3. The van der Waals surface area contributed by atoms with Crippen molar-refractivity contribution in [2.45, 2.75) is 11.9 Å². The first-order valence-electron chi connectivity index (χ1n) is 4.92. The molecule has 0 bridgehead atoms. The molecule has 0 aromatic carbocycles. The van der Waals surface area contributed by atoms with Gasteiger partial charge in [0, 0.05) is 13.1 Å². The fraction of sp³-hybridized carbons (Fsp3) is 0.600. The van der Waals surface area contributed by atoms with E-state index in [9.17, 15) is 0 Å². The predicted octanol–water partition coefficient (Wildman–Crippen LogP) is 2.48. The van der Waals surface area contributed by atoms with E-state index in [1.165, 1.54) is 0 Å². The third-order valence-corrected chi connectivity index (χ3v) is 3.01. The van der Waals surface area contributed by atoms with Gasteiger partial charge in [0.25, 0.3) is 0 Å². The molecule has 1 aliphatic heterocycles. The SMILES string of the molecule is ClC1COCCN(Cc2ccc(Br)o2)C1. The smallest absolute Gasteiger partial charge is 0.169 e. The zero-order valence-corrected chi connectivity index (χ0v) is 10.6. The lowest BCUT2D eigenvalue weighted by Crippen LogP contribution is -2.29. The highest BCUT2D eigenvalue weighted by molar-refractivity contribution is 9.10. The Kier molecular flexibility index (Phi) is 4.08. The van der Waals surface area contributed by atoms with Gasteiger partial charge >= 0.3 is 0 Å². The summed E-state index contributed by atoms with van der Waals surface area (Å²) in [4.78, 5) is 2.25. The highest BCUT2D eigenvalue weighted by atomic mass is 79.9. The summed E-state index contributed by atoms with van der Waals surface area (Å²) in [6.07, 6.45) is 0. The van der Waals surface area contributed by atoms with Crippen LogP contribution in [0.25, 0.3) is 0 Å². The van der Waals surface area contributed by atoms with E-state index in [1.54, 1.807) is 0 Å². The lowest BCUT2D eigenvalue weighted by Gasteiger charge is -2.18. The van der Waals surface area contributed by atoms with E-state index in [0.29, 0.717) is 6.61 Å². The summed E-state index contributed by atoms with van der Waals surface area (Å²) in [5.74, 6) is 0.952. The quantitative estimate of drug-likeness (QED) is 0.784. The molecule has 15 heavy (non-hydrogen) atoms. The van der Waals surface area contributed by atoms with Crippen LogP contribution in [0, 0.1) is 0 Å². The molecule has 84 valence electrons. The van der Waals surface area contributed by atoms with Crippen molar-refractivity contribution in [2.24, 2.45) is 0 Å². The molecule has 2 rings (SSSR count). The predicted molar refractivity (Wildman–Crippen MR) is 62.1 cm³/mol. The van der Waals surface area contributed by atoms with E-state index in [0.717, 1.165) is 36.7 Å². The third-order valence-electron chi connectivity index (χ3n) is 2.32. The first-order chi connectivity index (χ1) is 7.24. The molecule has 2 heterocycles. The van der Waals surface area contributed by atoms with Gasteiger partial charge in [0.2, 0.25) is 0 Å². The molecule has 0 amide bonds. The molecule has 0 N–H and O–H groups in total. The molecule has 0 spiro atoms. The molecule has 1 unspecified atom stereocenters. The number of rotatable bonds is 2. The van der Waals surface area contributed by atoms with Crippen molar-refractivity contribution in [3.63, 3.8) is 0 Å². The van der Waals surface area contributed by atoms with Gasteiger partial charge in [0.15, 0.2) is 4.67 Å². The Hall–Kier alpha value is -0.0300. The molecule has 0 saturated carbocycles. The van der Waals surface area contributed by atoms with E-state index >= 15 is 0 Å². The number of alkyl halides is 1. The molecular weight excluding hydrogens is 281 g/mol. The first kappa shape index (κ1) is 11.5. The maximum absolute atomic E-state index is 6.08. The van der Waals surface area contributed by atoms with Gasteiger partial charge < -0.3 is 9.15 Å². The first-order valence-corrected chi connectivity index (χ1v) is 6.15. The maximum atomic E-state index is 6.08. The van der Waals surface area contributed by atoms with Crippen LogP contribution >= 0.6 is 27.5 Å². The largest absolute Gasteiger partial charge is 0.453 e. The van der Waals surface area contributed by atoms with Crippen LogP contribution in [-0.2, 0) is 11.3 Å². The Balaban J connectivity index is 1.92. The molecule has 1 fully saturated rings. The standard InChI is InChI=1S/C10H13BrClNO2/c11-10-2-1-9(15-10)6-13-3-4-14-7-8(12)5-13/h1-2,8H,3-7H2. The molecule has 0 aliphatic carbocycles. The van der Waals surface area contributed by atoms with E-state index in [4.69, 9.17) is 20.8 Å². The van der Waals surface area contributed by atoms with Gasteiger partial charge in [-0.2, -0.15) is 0 Å². The lowest BCUT2D eigenvalue weighted by molar-refractivity contribution is 0.140. The average molecular weight is 295 g/mol. The maximum Gasteiger partial charge on any atom is 0.169 e. The van der Waals surface area contributed by atoms with Crippen molar-refractivity contribution in [2.75, 3.05) is 26.3 Å². The molecule has 1 saturated heterocycles. The van der Waals surface area contributed by atoms with Crippen LogP contribution in [0.3, 0.4) is 0 Å². The number of halogens is 2. The van der Waals surface area contributed by atoms with E-state index in [1.807, 2.05) is 12.1 Å². The van der Waals surface area contributed by atoms with Crippen molar-refractivity contribution < 1.29 is 9.15 Å². The summed E-state index contributed by atoms with van der Waals surface area (Å²) in [6.45, 7) is 3.92. The van der Waals surface area contributed by atoms with Crippen LogP contribution in [0.4, 0.5) is 0 Å². The second-order valence-electron chi connectivity index (χ2n) is 3.61. The van der Waals surface area contributed by atoms with E-state index in [-0.39, 0.29) is 5.38 Å². The topological polar surface area (TPSA) is 25.6 Å². The number of furan rings is 1. The summed E-state index contributed by atoms with van der Waals surface area (Å²) in [6, 6.07) is 3.88. The van der Waals surface area contributed by atoms with E-state index in [2.05, 4.69) is 20.8 Å². The van der Waals surface area contributed by atoms with Gasteiger partial charge in [0.05, 0.1) is 25.1 Å². The molecule has 3 nitrogen and oxygen atoms in total. The summed E-state index contributed by atoms with van der Waals surface area (Å²) in [7, 11) is 0. The molecule has 1 aromatic rings. The molecule has 1 aliphatic rings. The van der Waals surface area contributed by atoms with Gasteiger partial charge in [-0.25, -0.2) is 0 Å². The minimum absolute atomic E-state index is 0.0749. The molecule has 0 radical (unpaired) electrons. The highest BCUT2D eigenvalue weighted by Crippen LogP contribution is 2.17. The van der Waals surface area contributed by atoms with Crippen LogP contribution in [0.5, 0.6) is 0 Å². The minimum Gasteiger partial charge on any atom is -0.453 e. The molecule has 5 heteroatoms. The molecule has 1 aromatic heterocycles. The van der Waals surface area contributed by atoms with Crippen molar-refractivity contribution >= 4 is 27.5 Å². The van der Waals surface area contributed by atoms with Crippen molar-refractivity contribution in [1.82, 2.24) is 4.90 Å². The second kappa shape index (κ2) is 5.34. The third kappa shape index (κ3) is 3.48. The van der Waals surface area contributed by atoms with Crippen LogP contribution in [0.1, 0.15) is 5.76 Å². The van der Waals surface area contributed by atoms with Crippen LogP contribution in [0.15, 0.2) is 21.2 Å². The Morgan fingerprint density at radius 1 is 1.53 bits per heavy atom. The summed E-state index contributed by atoms with van der Waals surface area (Å²) in [5, 5.41) is 0.0749. The fourth-order valence-electron chi connectivity index (χ4n) is 1.63. The van der Waals surface area contributed by atoms with Gasteiger partial charge in [0.1, 0.15) is 5.76 Å². The zero-order valence-electron chi connectivity index (χ0n) is 8.29. The Labute approximate surface area is 102 Å². The Morgan fingerprint density at radius 3 is 3.13 bits per heavy atom. The monoisotopic (exact) mass is 293 g/mol. The van der Waals surface area contributed by atoms with Crippen molar-refractivity contribution in [3.05, 3.63) is 22.6 Å². The summed E-state index contributed by atoms with van der Waals surface area (Å²) >= 11 is 9.37. The van der Waals surface area contributed by atoms with Gasteiger partial charge in [-0.05, 0) is 28.1 Å². The number of ether oxygens (including phenoxy) is 1. The van der Waals surface area contributed by atoms with Gasteiger partial charge in [-0.1, -0.05) is 0 Å². The molecular formula is C10H13BrClNO2. The number of nitrogens with zero attached hydrogens (tertiary/aromatic N) is 1.